The summed E-state index contributed by atoms with van der Waals surface area (Å²) in [5.74, 6) is 1.62. The van der Waals surface area contributed by atoms with E-state index in [1.165, 1.54) is 0 Å². The molecule has 0 atom stereocenters. The van der Waals surface area contributed by atoms with Crippen LogP contribution in [0, 0.1) is 11.3 Å². The molecule has 0 aliphatic rings. The molecule has 188 valence electrons. The Morgan fingerprint density at radius 2 is 1.59 bits per heavy atom. The fourth-order valence-electron chi connectivity index (χ4n) is 4.65. The SMILES string of the molecule is CCCOc1ccc(-c2c(CC)n(Cc3ccc(-c4ccccc4C#N)cc3)c(CCC)nc2=O)cc1. The Balaban J connectivity index is 1.73. The third kappa shape index (κ3) is 5.81. The summed E-state index contributed by atoms with van der Waals surface area (Å²) >= 11 is 0. The Morgan fingerprint density at radius 1 is 0.892 bits per heavy atom. The van der Waals surface area contributed by atoms with E-state index in [4.69, 9.17) is 4.74 Å². The molecule has 0 unspecified atom stereocenters. The molecule has 0 N–H and O–H groups in total. The molecule has 3 aromatic carbocycles. The molecule has 0 aliphatic heterocycles. The number of aromatic nitrogens is 2. The van der Waals surface area contributed by atoms with Gasteiger partial charge in [-0.2, -0.15) is 10.2 Å². The Hall–Kier alpha value is -4.17. The van der Waals surface area contributed by atoms with E-state index in [1.807, 2.05) is 48.5 Å². The van der Waals surface area contributed by atoms with Crippen LogP contribution in [0.1, 0.15) is 56.3 Å². The largest absolute Gasteiger partial charge is 0.494 e. The van der Waals surface area contributed by atoms with E-state index >= 15 is 0 Å². The quantitative estimate of drug-likeness (QED) is 0.245. The van der Waals surface area contributed by atoms with Crippen molar-refractivity contribution in [2.45, 2.75) is 53.0 Å². The van der Waals surface area contributed by atoms with Crippen LogP contribution in [0.4, 0.5) is 0 Å². The van der Waals surface area contributed by atoms with Gasteiger partial charge < -0.3 is 9.30 Å². The third-order valence-electron chi connectivity index (χ3n) is 6.45. The zero-order valence-electron chi connectivity index (χ0n) is 21.8. The fraction of sp³-hybridized carbons (Fsp3) is 0.281. The van der Waals surface area contributed by atoms with Crippen molar-refractivity contribution >= 4 is 0 Å². The lowest BCUT2D eigenvalue weighted by Gasteiger charge is -2.21. The molecule has 4 aromatic rings. The summed E-state index contributed by atoms with van der Waals surface area (Å²) in [6.45, 7) is 7.56. The van der Waals surface area contributed by atoms with E-state index in [0.717, 1.165) is 58.8 Å². The summed E-state index contributed by atoms with van der Waals surface area (Å²) in [4.78, 5) is 17.8. The molecule has 0 spiro atoms. The average Bonchev–Trinajstić information content (AvgIpc) is 2.94. The van der Waals surface area contributed by atoms with Crippen LogP contribution >= 0.6 is 0 Å². The highest BCUT2D eigenvalue weighted by molar-refractivity contribution is 5.70. The number of nitrogens with zero attached hydrogens (tertiary/aromatic N) is 3. The summed E-state index contributed by atoms with van der Waals surface area (Å²) in [7, 11) is 0. The Bertz CT molecular complexity index is 1450. The molecule has 0 saturated carbocycles. The monoisotopic (exact) mass is 491 g/mol. The summed E-state index contributed by atoms with van der Waals surface area (Å²) in [6, 6.07) is 26.0. The molecule has 0 aliphatic carbocycles. The first kappa shape index (κ1) is 25.9. The van der Waals surface area contributed by atoms with Gasteiger partial charge in [0.05, 0.1) is 23.8 Å². The normalized spacial score (nSPS) is 10.8. The highest BCUT2D eigenvalue weighted by atomic mass is 16.5. The van der Waals surface area contributed by atoms with Crippen LogP contribution in [0.5, 0.6) is 5.75 Å². The van der Waals surface area contributed by atoms with Crippen molar-refractivity contribution in [3.63, 3.8) is 0 Å². The van der Waals surface area contributed by atoms with Crippen molar-refractivity contribution in [3.8, 4) is 34.1 Å². The molecule has 0 saturated heterocycles. The van der Waals surface area contributed by atoms with Gasteiger partial charge in [-0.05, 0) is 59.7 Å². The van der Waals surface area contributed by atoms with Gasteiger partial charge in [0.15, 0.2) is 0 Å². The van der Waals surface area contributed by atoms with E-state index in [1.54, 1.807) is 0 Å². The predicted molar refractivity (Wildman–Crippen MR) is 149 cm³/mol. The molecule has 1 aromatic heterocycles. The second-order valence-corrected chi connectivity index (χ2v) is 9.07. The van der Waals surface area contributed by atoms with Gasteiger partial charge in [0.1, 0.15) is 11.6 Å². The molecule has 5 nitrogen and oxygen atoms in total. The van der Waals surface area contributed by atoms with Gasteiger partial charge >= 0.3 is 0 Å². The van der Waals surface area contributed by atoms with Crippen LogP contribution in [0.2, 0.25) is 0 Å². The summed E-state index contributed by atoms with van der Waals surface area (Å²) < 4.78 is 7.93. The molecule has 0 fully saturated rings. The standard InChI is InChI=1S/C32H33N3O2/c1-4-9-30-34-32(36)31(25-16-18-27(19-17-25)37-20-5-2)29(6-3)35(30)22-23-12-14-24(15-13-23)28-11-8-7-10-26(28)21-33/h7-8,10-19H,4-6,9,20,22H2,1-3H3. The van der Waals surface area contributed by atoms with Gasteiger partial charge in [-0.25, -0.2) is 0 Å². The van der Waals surface area contributed by atoms with Crippen LogP contribution < -0.4 is 10.3 Å². The second kappa shape index (κ2) is 12.2. The van der Waals surface area contributed by atoms with Gasteiger partial charge in [-0.3, -0.25) is 4.79 Å². The maximum Gasteiger partial charge on any atom is 0.281 e. The Labute approximate surface area is 219 Å². The fourth-order valence-corrected chi connectivity index (χ4v) is 4.65. The highest BCUT2D eigenvalue weighted by Gasteiger charge is 2.18. The zero-order valence-corrected chi connectivity index (χ0v) is 21.8. The maximum absolute atomic E-state index is 13.2. The van der Waals surface area contributed by atoms with Crippen molar-refractivity contribution < 1.29 is 4.74 Å². The first-order valence-corrected chi connectivity index (χ1v) is 13.0. The molecule has 1 heterocycles. The number of hydrogen-bond donors (Lipinski definition) is 0. The molecule has 5 heteroatoms. The van der Waals surface area contributed by atoms with Gasteiger partial charge in [0.2, 0.25) is 0 Å². The van der Waals surface area contributed by atoms with Crippen molar-refractivity contribution in [3.05, 3.63) is 106 Å². The molecule has 0 amide bonds. The zero-order chi connectivity index (χ0) is 26.2. The van der Waals surface area contributed by atoms with Crippen molar-refractivity contribution in [1.29, 1.82) is 5.26 Å². The van der Waals surface area contributed by atoms with Gasteiger partial charge in [-0.15, -0.1) is 0 Å². The minimum absolute atomic E-state index is 0.178. The van der Waals surface area contributed by atoms with Crippen LogP contribution in [-0.2, 0) is 19.4 Å². The Morgan fingerprint density at radius 3 is 2.24 bits per heavy atom. The number of ether oxygens (including phenoxy) is 1. The average molecular weight is 492 g/mol. The maximum atomic E-state index is 13.2. The minimum atomic E-state index is -0.178. The van der Waals surface area contributed by atoms with Gasteiger partial charge in [0, 0.05) is 18.7 Å². The summed E-state index contributed by atoms with van der Waals surface area (Å²) in [6.07, 6.45) is 3.30. The van der Waals surface area contributed by atoms with E-state index in [9.17, 15) is 10.1 Å². The van der Waals surface area contributed by atoms with Crippen LogP contribution in [0.15, 0.2) is 77.6 Å². The number of rotatable bonds is 10. The van der Waals surface area contributed by atoms with Gasteiger partial charge in [-0.1, -0.05) is 75.4 Å². The first-order valence-electron chi connectivity index (χ1n) is 13.0. The van der Waals surface area contributed by atoms with Crippen LogP contribution in [0.25, 0.3) is 22.3 Å². The van der Waals surface area contributed by atoms with E-state index in [2.05, 4.69) is 60.7 Å². The minimum Gasteiger partial charge on any atom is -0.494 e. The lowest BCUT2D eigenvalue weighted by molar-refractivity contribution is 0.317. The van der Waals surface area contributed by atoms with Crippen molar-refractivity contribution in [2.75, 3.05) is 6.61 Å². The lowest BCUT2D eigenvalue weighted by Crippen LogP contribution is -2.24. The topological polar surface area (TPSA) is 67.9 Å². The molecule has 0 bridgehead atoms. The predicted octanol–water partition coefficient (Wildman–Crippen LogP) is 6.80. The number of nitriles is 1. The number of benzene rings is 3. The first-order chi connectivity index (χ1) is 18.1. The van der Waals surface area contributed by atoms with E-state index in [-0.39, 0.29) is 5.56 Å². The highest BCUT2D eigenvalue weighted by Crippen LogP contribution is 2.27. The van der Waals surface area contributed by atoms with Gasteiger partial charge in [0.25, 0.3) is 5.56 Å². The molecular formula is C32H33N3O2. The van der Waals surface area contributed by atoms with Crippen molar-refractivity contribution in [1.82, 2.24) is 9.55 Å². The third-order valence-corrected chi connectivity index (χ3v) is 6.45. The van der Waals surface area contributed by atoms with Crippen LogP contribution in [0.3, 0.4) is 0 Å². The van der Waals surface area contributed by atoms with Crippen LogP contribution in [-0.4, -0.2) is 16.2 Å². The molecule has 0 radical (unpaired) electrons. The summed E-state index contributed by atoms with van der Waals surface area (Å²) in [5, 5.41) is 9.47. The molecular weight excluding hydrogens is 458 g/mol. The summed E-state index contributed by atoms with van der Waals surface area (Å²) in [5.41, 5.74) is 6.04. The molecule has 37 heavy (non-hydrogen) atoms. The van der Waals surface area contributed by atoms with E-state index in [0.29, 0.717) is 30.7 Å². The Kier molecular flexibility index (Phi) is 8.53. The smallest absolute Gasteiger partial charge is 0.281 e. The lowest BCUT2D eigenvalue weighted by atomic mass is 9.99. The van der Waals surface area contributed by atoms with E-state index < -0.39 is 0 Å². The molecule has 4 rings (SSSR count). The second-order valence-electron chi connectivity index (χ2n) is 9.07. The number of hydrogen-bond acceptors (Lipinski definition) is 4. The van der Waals surface area contributed by atoms with Crippen molar-refractivity contribution in [2.24, 2.45) is 0 Å². The number of aryl methyl sites for hydroxylation is 1.